The number of amides is 1. The van der Waals surface area contributed by atoms with Crippen molar-refractivity contribution in [3.8, 4) is 0 Å². The van der Waals surface area contributed by atoms with Crippen LogP contribution in [0.2, 0.25) is 0 Å². The number of nitrogens with zero attached hydrogens (tertiary/aromatic N) is 1. The van der Waals surface area contributed by atoms with Crippen molar-refractivity contribution in [2.45, 2.75) is 32.2 Å². The molecule has 0 aliphatic heterocycles. The van der Waals surface area contributed by atoms with Gasteiger partial charge in [-0.1, -0.05) is 13.0 Å². The van der Waals surface area contributed by atoms with Crippen LogP contribution in [0.15, 0.2) is 17.5 Å². The summed E-state index contributed by atoms with van der Waals surface area (Å²) in [6, 6.07) is 3.54. The van der Waals surface area contributed by atoms with Crippen LogP contribution in [0.25, 0.3) is 0 Å². The minimum atomic E-state index is -0.355. The number of carbonyl (C=O) groups is 2. The van der Waals surface area contributed by atoms with Crippen LogP contribution in [0.3, 0.4) is 0 Å². The Balaban J connectivity index is 2.69. The average Bonchev–Trinajstić information content (AvgIpc) is 2.95. The van der Waals surface area contributed by atoms with Crippen molar-refractivity contribution in [3.05, 3.63) is 22.4 Å². The third kappa shape index (κ3) is 4.94. The molecule has 1 heterocycles. The van der Waals surface area contributed by atoms with E-state index in [0.717, 1.165) is 4.88 Å². The fourth-order valence-corrected chi connectivity index (χ4v) is 2.63. The highest BCUT2D eigenvalue weighted by Gasteiger charge is 2.23. The third-order valence-electron chi connectivity index (χ3n) is 3.13. The molecule has 1 atom stereocenters. The molecule has 6 heteroatoms. The van der Waals surface area contributed by atoms with Crippen LogP contribution < -0.4 is 0 Å². The summed E-state index contributed by atoms with van der Waals surface area (Å²) in [6.07, 6.45) is 1.09. The summed E-state index contributed by atoms with van der Waals surface area (Å²) in [7, 11) is 1.32. The van der Waals surface area contributed by atoms with E-state index in [1.165, 1.54) is 18.4 Å². The molecule has 0 spiro atoms. The maximum atomic E-state index is 12.3. The van der Waals surface area contributed by atoms with Crippen LogP contribution in [0.1, 0.15) is 24.6 Å². The van der Waals surface area contributed by atoms with Crippen molar-refractivity contribution in [2.75, 3.05) is 20.3 Å². The largest absolute Gasteiger partial charge is 0.469 e. The van der Waals surface area contributed by atoms with Crippen LogP contribution in [0.5, 0.6) is 0 Å². The highest BCUT2D eigenvalue weighted by atomic mass is 32.1. The first-order valence-electron chi connectivity index (χ1n) is 6.61. The fourth-order valence-electron chi connectivity index (χ4n) is 1.94. The maximum absolute atomic E-state index is 12.3. The zero-order chi connectivity index (χ0) is 15.0. The standard InChI is InChI=1S/C14H21NO4S/c1-3-11(10-16)15(7-6-14(18)19-2)13(17)9-12-5-4-8-20-12/h4-5,8,11,16H,3,6-7,9-10H2,1-2H3. The van der Waals surface area contributed by atoms with E-state index in [2.05, 4.69) is 4.74 Å². The zero-order valence-electron chi connectivity index (χ0n) is 11.9. The summed E-state index contributed by atoms with van der Waals surface area (Å²) in [5, 5.41) is 11.3. The molecule has 1 amide bonds. The molecule has 0 aromatic carbocycles. The van der Waals surface area contributed by atoms with Gasteiger partial charge in [-0.2, -0.15) is 0 Å². The Morgan fingerprint density at radius 2 is 2.25 bits per heavy atom. The number of aliphatic hydroxyl groups excluding tert-OH is 1. The first kappa shape index (κ1) is 16.7. The van der Waals surface area contributed by atoms with E-state index in [4.69, 9.17) is 0 Å². The minimum absolute atomic E-state index is 0.0720. The number of rotatable bonds is 8. The van der Waals surface area contributed by atoms with Crippen LogP contribution in [-0.4, -0.2) is 48.2 Å². The molecule has 0 radical (unpaired) electrons. The maximum Gasteiger partial charge on any atom is 0.307 e. The molecule has 1 rings (SSSR count). The van der Waals surface area contributed by atoms with Crippen LogP contribution in [0.4, 0.5) is 0 Å². The van der Waals surface area contributed by atoms with Crippen LogP contribution >= 0.6 is 11.3 Å². The predicted molar refractivity (Wildman–Crippen MR) is 77.5 cm³/mol. The number of ether oxygens (including phenoxy) is 1. The molecule has 0 saturated carbocycles. The lowest BCUT2D eigenvalue weighted by atomic mass is 10.1. The van der Waals surface area contributed by atoms with E-state index in [1.807, 2.05) is 24.4 Å². The van der Waals surface area contributed by atoms with Crippen molar-refractivity contribution >= 4 is 23.2 Å². The molecule has 1 aromatic rings. The molecule has 1 unspecified atom stereocenters. The second-order valence-corrected chi connectivity index (χ2v) is 5.45. The molecule has 1 N–H and O–H groups in total. The molecule has 0 aliphatic carbocycles. The summed E-state index contributed by atoms with van der Waals surface area (Å²) >= 11 is 1.52. The summed E-state index contributed by atoms with van der Waals surface area (Å²) in [4.78, 5) is 26.1. The van der Waals surface area contributed by atoms with Gasteiger partial charge in [-0.15, -0.1) is 11.3 Å². The molecule has 112 valence electrons. The van der Waals surface area contributed by atoms with Gasteiger partial charge in [-0.3, -0.25) is 9.59 Å². The number of aliphatic hydroxyl groups is 1. The number of methoxy groups -OCH3 is 1. The smallest absolute Gasteiger partial charge is 0.307 e. The third-order valence-corrected chi connectivity index (χ3v) is 4.01. The molecule has 0 saturated heterocycles. The van der Waals surface area contributed by atoms with E-state index in [1.54, 1.807) is 4.90 Å². The predicted octanol–water partition coefficient (Wildman–Crippen LogP) is 1.45. The van der Waals surface area contributed by atoms with Gasteiger partial charge in [-0.05, 0) is 17.9 Å². The average molecular weight is 299 g/mol. The topological polar surface area (TPSA) is 66.8 Å². The molecule has 0 bridgehead atoms. The molecule has 20 heavy (non-hydrogen) atoms. The Kier molecular flexibility index (Phi) is 7.25. The summed E-state index contributed by atoms with van der Waals surface area (Å²) in [5.74, 6) is -0.427. The van der Waals surface area contributed by atoms with E-state index in [-0.39, 0.29) is 37.5 Å². The second-order valence-electron chi connectivity index (χ2n) is 4.41. The number of carbonyl (C=O) groups excluding carboxylic acids is 2. The van der Waals surface area contributed by atoms with E-state index in [9.17, 15) is 14.7 Å². The molecule has 1 aromatic heterocycles. The number of hydrogen-bond donors (Lipinski definition) is 1. The van der Waals surface area contributed by atoms with Crippen molar-refractivity contribution in [1.82, 2.24) is 4.90 Å². The first-order valence-corrected chi connectivity index (χ1v) is 7.49. The summed E-state index contributed by atoms with van der Waals surface area (Å²) < 4.78 is 4.60. The van der Waals surface area contributed by atoms with E-state index < -0.39 is 0 Å². The van der Waals surface area contributed by atoms with Crippen molar-refractivity contribution in [1.29, 1.82) is 0 Å². The highest BCUT2D eigenvalue weighted by Crippen LogP contribution is 2.13. The Labute approximate surface area is 123 Å². The Morgan fingerprint density at radius 1 is 1.50 bits per heavy atom. The van der Waals surface area contributed by atoms with E-state index >= 15 is 0 Å². The van der Waals surface area contributed by atoms with Crippen molar-refractivity contribution in [2.24, 2.45) is 0 Å². The Hall–Kier alpha value is -1.40. The number of thiophene rings is 1. The SMILES string of the molecule is CCC(CO)N(CCC(=O)OC)C(=O)Cc1cccs1. The van der Waals surface area contributed by atoms with Gasteiger partial charge in [-0.25, -0.2) is 0 Å². The van der Waals surface area contributed by atoms with Crippen molar-refractivity contribution < 1.29 is 19.4 Å². The number of esters is 1. The minimum Gasteiger partial charge on any atom is -0.469 e. The lowest BCUT2D eigenvalue weighted by Gasteiger charge is -2.29. The molecule has 0 fully saturated rings. The molecule has 0 aliphatic rings. The van der Waals surface area contributed by atoms with Crippen molar-refractivity contribution in [3.63, 3.8) is 0 Å². The normalized spacial score (nSPS) is 11.9. The van der Waals surface area contributed by atoms with Crippen LogP contribution in [0, 0.1) is 0 Å². The van der Waals surface area contributed by atoms with Gasteiger partial charge < -0.3 is 14.7 Å². The Bertz CT molecular complexity index is 415. The quantitative estimate of drug-likeness (QED) is 0.738. The van der Waals surface area contributed by atoms with Gasteiger partial charge >= 0.3 is 5.97 Å². The van der Waals surface area contributed by atoms with Gasteiger partial charge in [0.25, 0.3) is 0 Å². The molecular formula is C14H21NO4S. The summed E-state index contributed by atoms with van der Waals surface area (Å²) in [5.41, 5.74) is 0. The first-order chi connectivity index (χ1) is 9.62. The molecule has 5 nitrogen and oxygen atoms in total. The number of hydrogen-bond acceptors (Lipinski definition) is 5. The van der Waals surface area contributed by atoms with Gasteiger partial charge in [0.1, 0.15) is 0 Å². The van der Waals surface area contributed by atoms with Gasteiger partial charge in [0.15, 0.2) is 0 Å². The van der Waals surface area contributed by atoms with Gasteiger partial charge in [0.05, 0.1) is 32.6 Å². The monoisotopic (exact) mass is 299 g/mol. The lowest BCUT2D eigenvalue weighted by Crippen LogP contribution is -2.44. The summed E-state index contributed by atoms with van der Waals surface area (Å²) in [6.45, 7) is 2.08. The second kappa shape index (κ2) is 8.71. The highest BCUT2D eigenvalue weighted by molar-refractivity contribution is 7.10. The molecular weight excluding hydrogens is 278 g/mol. The van der Waals surface area contributed by atoms with Crippen LogP contribution in [-0.2, 0) is 20.7 Å². The fraction of sp³-hybridized carbons (Fsp3) is 0.571. The van der Waals surface area contributed by atoms with E-state index in [0.29, 0.717) is 12.8 Å². The Morgan fingerprint density at radius 3 is 2.75 bits per heavy atom. The lowest BCUT2D eigenvalue weighted by molar-refractivity contribution is -0.142. The zero-order valence-corrected chi connectivity index (χ0v) is 12.7. The van der Waals surface area contributed by atoms with Gasteiger partial charge in [0, 0.05) is 11.4 Å². The van der Waals surface area contributed by atoms with Gasteiger partial charge in [0.2, 0.25) is 5.91 Å².